The SMILES string of the molecule is O=C(COc1ccc(Cl)cc1)Nc1cccc2c(S(=O)(=O)Nc3nccs3)cccc12.[HH].[HH]. The number of anilines is 2. The van der Waals surface area contributed by atoms with E-state index >= 15 is 0 Å². The number of nitrogens with zero attached hydrogens (tertiary/aromatic N) is 1. The van der Waals surface area contributed by atoms with Gasteiger partial charge < -0.3 is 10.1 Å². The third-order valence-corrected chi connectivity index (χ3v) is 6.75. The van der Waals surface area contributed by atoms with Gasteiger partial charge >= 0.3 is 0 Å². The number of hydrogen-bond acceptors (Lipinski definition) is 6. The molecule has 1 aromatic heterocycles. The van der Waals surface area contributed by atoms with Crippen molar-refractivity contribution in [3.63, 3.8) is 0 Å². The Hall–Kier alpha value is -3.14. The smallest absolute Gasteiger partial charge is 0.264 e. The summed E-state index contributed by atoms with van der Waals surface area (Å²) in [7, 11) is -3.86. The normalized spacial score (nSPS) is 11.3. The van der Waals surface area contributed by atoms with E-state index in [4.69, 9.17) is 16.3 Å². The van der Waals surface area contributed by atoms with E-state index in [1.807, 2.05) is 0 Å². The first kappa shape index (κ1) is 21.1. The Balaban J connectivity index is 0.00000193. The van der Waals surface area contributed by atoms with Gasteiger partial charge in [0.1, 0.15) is 5.75 Å². The fourth-order valence-electron chi connectivity index (χ4n) is 2.93. The van der Waals surface area contributed by atoms with Crippen molar-refractivity contribution in [1.29, 1.82) is 0 Å². The number of hydrogen-bond donors (Lipinski definition) is 2. The molecular weight excluding hydrogens is 458 g/mol. The lowest BCUT2D eigenvalue weighted by molar-refractivity contribution is -0.118. The minimum absolute atomic E-state index is 0. The van der Waals surface area contributed by atoms with Crippen LogP contribution in [0.15, 0.2) is 77.1 Å². The average Bonchev–Trinajstić information content (AvgIpc) is 3.25. The highest BCUT2D eigenvalue weighted by Crippen LogP contribution is 2.30. The molecule has 3 aromatic carbocycles. The van der Waals surface area contributed by atoms with Gasteiger partial charge in [-0.3, -0.25) is 9.52 Å². The molecule has 7 nitrogen and oxygen atoms in total. The lowest BCUT2D eigenvalue weighted by atomic mass is 10.1. The van der Waals surface area contributed by atoms with Crippen LogP contribution in [-0.2, 0) is 14.8 Å². The van der Waals surface area contributed by atoms with Gasteiger partial charge in [-0.25, -0.2) is 13.4 Å². The molecule has 2 N–H and O–H groups in total. The maximum atomic E-state index is 12.9. The molecule has 0 spiro atoms. The molecule has 10 heteroatoms. The number of ether oxygens (including phenoxy) is 1. The fourth-order valence-corrected chi connectivity index (χ4v) is 5.07. The Bertz CT molecular complexity index is 1340. The monoisotopic (exact) mass is 477 g/mol. The van der Waals surface area contributed by atoms with E-state index < -0.39 is 10.0 Å². The van der Waals surface area contributed by atoms with Crippen LogP contribution in [0.1, 0.15) is 2.85 Å². The van der Waals surface area contributed by atoms with Gasteiger partial charge in [-0.2, -0.15) is 0 Å². The number of sulfonamides is 1. The molecule has 0 fully saturated rings. The maximum Gasteiger partial charge on any atom is 0.264 e. The number of benzene rings is 3. The quantitative estimate of drug-likeness (QED) is 0.378. The number of nitrogens with one attached hydrogen (secondary N) is 2. The van der Waals surface area contributed by atoms with E-state index in [9.17, 15) is 13.2 Å². The highest BCUT2D eigenvalue weighted by molar-refractivity contribution is 7.93. The number of thiazole rings is 1. The zero-order valence-electron chi connectivity index (χ0n) is 15.9. The summed E-state index contributed by atoms with van der Waals surface area (Å²) in [5.74, 6) is 0.135. The van der Waals surface area contributed by atoms with Gasteiger partial charge in [0.2, 0.25) is 0 Å². The second kappa shape index (κ2) is 8.93. The van der Waals surface area contributed by atoms with Crippen LogP contribution in [0.5, 0.6) is 5.75 Å². The molecule has 4 aromatic rings. The van der Waals surface area contributed by atoms with E-state index in [1.165, 1.54) is 23.6 Å². The first-order chi connectivity index (χ1) is 14.9. The average molecular weight is 478 g/mol. The fraction of sp³-hybridized carbons (Fsp3) is 0.0476. The zero-order valence-corrected chi connectivity index (χ0v) is 18.3. The number of carbonyl (C=O) groups is 1. The lowest BCUT2D eigenvalue weighted by Gasteiger charge is -2.13. The van der Waals surface area contributed by atoms with E-state index in [1.54, 1.807) is 60.0 Å². The first-order valence-corrected chi connectivity index (χ1v) is 11.8. The molecular formula is C21H20ClN3O4S2. The van der Waals surface area contributed by atoms with Gasteiger partial charge in [0.05, 0.1) is 4.90 Å². The standard InChI is InChI=1S/C21H16ClN3O4S2.2H2/c22-14-7-9-15(10-8-14)29-13-20(26)24-18-5-1-4-17-16(18)3-2-6-19(17)31(27,28)25-21-23-11-12-30-21;;/h1-12H,13H2,(H,23,25)(H,24,26);2*1H. The van der Waals surface area contributed by atoms with Gasteiger partial charge in [-0.05, 0) is 36.4 Å². The van der Waals surface area contributed by atoms with Gasteiger partial charge in [0.15, 0.2) is 11.7 Å². The third kappa shape index (κ3) is 4.96. The van der Waals surface area contributed by atoms with E-state index in [0.29, 0.717) is 27.2 Å². The molecule has 1 amide bonds. The number of amides is 1. The molecule has 0 saturated heterocycles. The van der Waals surface area contributed by atoms with Crippen LogP contribution in [0.3, 0.4) is 0 Å². The second-order valence-corrected chi connectivity index (χ2v) is 9.37. The Morgan fingerprint density at radius 2 is 1.81 bits per heavy atom. The number of carbonyl (C=O) groups excluding carboxylic acids is 1. The molecule has 0 aliphatic carbocycles. The molecule has 1 heterocycles. The second-order valence-electron chi connectivity index (χ2n) is 6.39. The van der Waals surface area contributed by atoms with Crippen molar-refractivity contribution in [2.24, 2.45) is 0 Å². The Kier molecular flexibility index (Phi) is 6.08. The summed E-state index contributed by atoms with van der Waals surface area (Å²) >= 11 is 7.02. The van der Waals surface area contributed by atoms with Crippen molar-refractivity contribution < 1.29 is 20.8 Å². The highest BCUT2D eigenvalue weighted by atomic mass is 35.5. The van der Waals surface area contributed by atoms with Crippen molar-refractivity contribution in [2.75, 3.05) is 16.6 Å². The highest BCUT2D eigenvalue weighted by Gasteiger charge is 2.19. The summed E-state index contributed by atoms with van der Waals surface area (Å²) in [6.45, 7) is -0.207. The Morgan fingerprint density at radius 1 is 1.06 bits per heavy atom. The van der Waals surface area contributed by atoms with Gasteiger partial charge in [0, 0.05) is 35.9 Å². The molecule has 0 saturated carbocycles. The van der Waals surface area contributed by atoms with Gasteiger partial charge in [0.25, 0.3) is 15.9 Å². The Morgan fingerprint density at radius 3 is 2.55 bits per heavy atom. The van der Waals surface area contributed by atoms with E-state index in [0.717, 1.165) is 0 Å². The van der Waals surface area contributed by atoms with Crippen LogP contribution in [0, 0.1) is 0 Å². The van der Waals surface area contributed by atoms with Gasteiger partial charge in [-0.1, -0.05) is 35.9 Å². The number of fused-ring (bicyclic) bond motifs is 1. The maximum absolute atomic E-state index is 12.9. The third-order valence-electron chi connectivity index (χ3n) is 4.28. The van der Waals surface area contributed by atoms with E-state index in [2.05, 4.69) is 15.0 Å². The predicted octanol–water partition coefficient (Wildman–Crippen LogP) is 5.26. The van der Waals surface area contributed by atoms with Crippen LogP contribution in [-0.4, -0.2) is 25.9 Å². The lowest BCUT2D eigenvalue weighted by Crippen LogP contribution is -2.20. The molecule has 0 aliphatic heterocycles. The number of aromatic nitrogens is 1. The topological polar surface area (TPSA) is 97.4 Å². The largest absolute Gasteiger partial charge is 0.484 e. The summed E-state index contributed by atoms with van der Waals surface area (Å²) in [5, 5.41) is 6.37. The molecule has 31 heavy (non-hydrogen) atoms. The van der Waals surface area contributed by atoms with Crippen LogP contribution >= 0.6 is 22.9 Å². The zero-order chi connectivity index (χ0) is 21.8. The Labute approximate surface area is 190 Å². The summed E-state index contributed by atoms with van der Waals surface area (Å²) in [6, 6.07) is 16.6. The van der Waals surface area contributed by atoms with Crippen molar-refractivity contribution in [3.8, 4) is 5.75 Å². The molecule has 0 radical (unpaired) electrons. The van der Waals surface area contributed by atoms with E-state index in [-0.39, 0.29) is 25.4 Å². The van der Waals surface area contributed by atoms with Gasteiger partial charge in [-0.15, -0.1) is 11.3 Å². The predicted molar refractivity (Wildman–Crippen MR) is 127 cm³/mol. The van der Waals surface area contributed by atoms with Crippen molar-refractivity contribution in [2.45, 2.75) is 4.90 Å². The molecule has 0 aliphatic rings. The minimum atomic E-state index is -3.86. The van der Waals surface area contributed by atoms with Crippen LogP contribution in [0.4, 0.5) is 10.8 Å². The first-order valence-electron chi connectivity index (χ1n) is 9.05. The van der Waals surface area contributed by atoms with Crippen LogP contribution in [0.25, 0.3) is 10.8 Å². The molecule has 4 rings (SSSR count). The number of rotatable bonds is 7. The van der Waals surface area contributed by atoms with Crippen molar-refractivity contribution in [3.05, 3.63) is 77.3 Å². The molecule has 0 bridgehead atoms. The van der Waals surface area contributed by atoms with Crippen molar-refractivity contribution in [1.82, 2.24) is 4.98 Å². The van der Waals surface area contributed by atoms with Crippen LogP contribution in [0.2, 0.25) is 5.02 Å². The summed E-state index contributed by atoms with van der Waals surface area (Å²) in [5.41, 5.74) is 0.480. The van der Waals surface area contributed by atoms with Crippen molar-refractivity contribution >= 4 is 60.5 Å². The summed E-state index contributed by atoms with van der Waals surface area (Å²) < 4.78 is 33.7. The summed E-state index contributed by atoms with van der Waals surface area (Å²) in [4.78, 5) is 16.4. The number of halogens is 1. The van der Waals surface area contributed by atoms with Crippen LogP contribution < -0.4 is 14.8 Å². The molecule has 0 atom stereocenters. The molecule has 162 valence electrons. The molecule has 0 unspecified atom stereocenters. The summed E-state index contributed by atoms with van der Waals surface area (Å²) in [6.07, 6.45) is 1.52. The minimum Gasteiger partial charge on any atom is -0.484 e.